The van der Waals surface area contributed by atoms with E-state index in [-0.39, 0.29) is 5.56 Å². The molecule has 0 aliphatic carbocycles. The van der Waals surface area contributed by atoms with Crippen molar-refractivity contribution in [1.29, 1.82) is 0 Å². The van der Waals surface area contributed by atoms with Gasteiger partial charge in [-0.2, -0.15) is 0 Å². The van der Waals surface area contributed by atoms with E-state index in [0.717, 1.165) is 18.2 Å². The number of ketones is 1. The predicted molar refractivity (Wildman–Crippen MR) is 55.4 cm³/mol. The summed E-state index contributed by atoms with van der Waals surface area (Å²) >= 11 is 2.98. The van der Waals surface area contributed by atoms with Gasteiger partial charge >= 0.3 is 6.36 Å². The van der Waals surface area contributed by atoms with Gasteiger partial charge in [-0.15, -0.1) is 13.2 Å². The van der Waals surface area contributed by atoms with Crippen LogP contribution in [0.4, 0.5) is 13.2 Å². The maximum atomic E-state index is 11.9. The molecule has 86 valence electrons. The lowest BCUT2D eigenvalue weighted by Crippen LogP contribution is -2.17. The van der Waals surface area contributed by atoms with Gasteiger partial charge in [-0.05, 0) is 24.3 Å². The van der Waals surface area contributed by atoms with Crippen LogP contribution in [-0.4, -0.2) is 12.1 Å². The van der Waals surface area contributed by atoms with Crippen LogP contribution in [0.15, 0.2) is 35.3 Å². The van der Waals surface area contributed by atoms with Crippen LogP contribution in [0.3, 0.4) is 0 Å². The van der Waals surface area contributed by atoms with Crippen LogP contribution in [0.1, 0.15) is 10.4 Å². The average molecular weight is 295 g/mol. The zero-order valence-corrected chi connectivity index (χ0v) is 9.43. The second kappa shape index (κ2) is 4.69. The summed E-state index contributed by atoms with van der Waals surface area (Å²) in [5, 5.41) is 0. The Morgan fingerprint density at radius 3 is 2.50 bits per heavy atom. The molecule has 0 saturated carbocycles. The molecule has 0 radical (unpaired) electrons. The van der Waals surface area contributed by atoms with Gasteiger partial charge < -0.3 is 4.74 Å². The summed E-state index contributed by atoms with van der Waals surface area (Å²) in [4.78, 5) is 11.2. The van der Waals surface area contributed by atoms with Crippen LogP contribution in [0, 0.1) is 0 Å². The second-order valence-corrected chi connectivity index (χ2v) is 3.71. The number of carbonyl (C=O) groups is 1. The van der Waals surface area contributed by atoms with E-state index in [9.17, 15) is 18.0 Å². The predicted octanol–water partition coefficient (Wildman–Crippen LogP) is 3.72. The fraction of sp³-hybridized carbons (Fsp3) is 0.100. The van der Waals surface area contributed by atoms with E-state index in [4.69, 9.17) is 0 Å². The quantitative estimate of drug-likeness (QED) is 0.627. The zero-order valence-electron chi connectivity index (χ0n) is 7.84. The second-order valence-electron chi connectivity index (χ2n) is 2.79. The Morgan fingerprint density at radius 1 is 1.38 bits per heavy atom. The van der Waals surface area contributed by atoms with Crippen molar-refractivity contribution in [2.45, 2.75) is 6.36 Å². The first-order chi connectivity index (χ1) is 7.31. The Hall–Kier alpha value is -1.30. The normalized spacial score (nSPS) is 11.0. The van der Waals surface area contributed by atoms with E-state index in [2.05, 4.69) is 27.2 Å². The number of halogens is 4. The van der Waals surface area contributed by atoms with Crippen molar-refractivity contribution in [2.75, 3.05) is 0 Å². The molecular formula is C10H6BrF3O2. The average Bonchev–Trinajstić information content (AvgIpc) is 2.12. The van der Waals surface area contributed by atoms with Crippen molar-refractivity contribution in [3.05, 3.63) is 40.9 Å². The maximum absolute atomic E-state index is 11.9. The number of hydrogen-bond donors (Lipinski definition) is 0. The van der Waals surface area contributed by atoms with Crippen LogP contribution < -0.4 is 4.74 Å². The smallest absolute Gasteiger partial charge is 0.406 e. The highest BCUT2D eigenvalue weighted by molar-refractivity contribution is 9.10. The van der Waals surface area contributed by atoms with Gasteiger partial charge in [-0.1, -0.05) is 22.5 Å². The summed E-state index contributed by atoms with van der Waals surface area (Å²) in [7, 11) is 0. The first-order valence-corrected chi connectivity index (χ1v) is 4.84. The van der Waals surface area contributed by atoms with E-state index in [1.54, 1.807) is 0 Å². The van der Waals surface area contributed by atoms with Gasteiger partial charge in [-0.3, -0.25) is 4.79 Å². The topological polar surface area (TPSA) is 26.3 Å². The number of hydrogen-bond acceptors (Lipinski definition) is 2. The van der Waals surface area contributed by atoms with E-state index in [0.29, 0.717) is 4.47 Å². The molecule has 0 amide bonds. The van der Waals surface area contributed by atoms with Crippen molar-refractivity contribution in [1.82, 2.24) is 0 Å². The van der Waals surface area contributed by atoms with Gasteiger partial charge in [0.05, 0.1) is 0 Å². The van der Waals surface area contributed by atoms with E-state index >= 15 is 0 Å². The summed E-state index contributed by atoms with van der Waals surface area (Å²) in [6.45, 7) is 3.24. The molecule has 0 atom stereocenters. The third-order valence-corrected chi connectivity index (χ3v) is 2.03. The van der Waals surface area contributed by atoms with Gasteiger partial charge in [0.2, 0.25) is 0 Å². The molecule has 0 N–H and O–H groups in total. The molecule has 0 bridgehead atoms. The van der Waals surface area contributed by atoms with Crippen LogP contribution in [0.25, 0.3) is 0 Å². The Labute approximate surface area is 97.8 Å². The highest BCUT2D eigenvalue weighted by Crippen LogP contribution is 2.27. The summed E-state index contributed by atoms with van der Waals surface area (Å²) < 4.78 is 39.9. The lowest BCUT2D eigenvalue weighted by atomic mass is 10.1. The lowest BCUT2D eigenvalue weighted by Gasteiger charge is -2.10. The molecule has 2 nitrogen and oxygen atoms in total. The fourth-order valence-electron chi connectivity index (χ4n) is 1.02. The molecule has 0 heterocycles. The molecule has 0 saturated heterocycles. The maximum Gasteiger partial charge on any atom is 0.573 e. The van der Waals surface area contributed by atoms with Crippen molar-refractivity contribution in [3.63, 3.8) is 0 Å². The molecule has 1 aromatic carbocycles. The monoisotopic (exact) mass is 294 g/mol. The number of alkyl halides is 3. The molecule has 0 aliphatic rings. The number of rotatable bonds is 3. The van der Waals surface area contributed by atoms with Crippen molar-refractivity contribution in [2.24, 2.45) is 0 Å². The van der Waals surface area contributed by atoms with E-state index < -0.39 is 17.9 Å². The third-order valence-electron chi connectivity index (χ3n) is 1.57. The van der Waals surface area contributed by atoms with Gasteiger partial charge in [0, 0.05) is 10.0 Å². The van der Waals surface area contributed by atoms with Crippen LogP contribution in [0.2, 0.25) is 0 Å². The minimum Gasteiger partial charge on any atom is -0.406 e. The fourth-order valence-corrected chi connectivity index (χ4v) is 1.49. The van der Waals surface area contributed by atoms with Crippen LogP contribution in [-0.2, 0) is 0 Å². The minimum atomic E-state index is -4.78. The molecule has 1 rings (SSSR count). The molecule has 1 aromatic rings. The zero-order chi connectivity index (χ0) is 12.3. The minimum absolute atomic E-state index is 0.0728. The van der Waals surface area contributed by atoms with Gasteiger partial charge in [-0.25, -0.2) is 0 Å². The number of benzene rings is 1. The SMILES string of the molecule is C=CC(=O)c1cc(Br)cc(OC(F)(F)F)c1. The van der Waals surface area contributed by atoms with Crippen molar-refractivity contribution in [3.8, 4) is 5.75 Å². The van der Waals surface area contributed by atoms with E-state index in [1.165, 1.54) is 6.07 Å². The Morgan fingerprint density at radius 2 is 2.00 bits per heavy atom. The van der Waals surface area contributed by atoms with Gasteiger partial charge in [0.1, 0.15) is 5.75 Å². The highest BCUT2D eigenvalue weighted by Gasteiger charge is 2.31. The van der Waals surface area contributed by atoms with Crippen LogP contribution >= 0.6 is 15.9 Å². The van der Waals surface area contributed by atoms with E-state index in [1.807, 2.05) is 0 Å². The number of ether oxygens (including phenoxy) is 1. The summed E-state index contributed by atoms with van der Waals surface area (Å²) in [6.07, 6.45) is -3.77. The highest BCUT2D eigenvalue weighted by atomic mass is 79.9. The molecule has 16 heavy (non-hydrogen) atoms. The molecule has 0 fully saturated rings. The Balaban J connectivity index is 3.08. The number of allylic oxidation sites excluding steroid dienone is 1. The lowest BCUT2D eigenvalue weighted by molar-refractivity contribution is -0.274. The largest absolute Gasteiger partial charge is 0.573 e. The molecular weight excluding hydrogens is 289 g/mol. The molecule has 0 spiro atoms. The Bertz CT molecular complexity index is 427. The molecule has 0 aromatic heterocycles. The molecule has 0 unspecified atom stereocenters. The standard InChI is InChI=1S/C10H6BrF3O2/c1-2-9(15)6-3-7(11)5-8(4-6)16-10(12,13)14/h2-5H,1H2. The number of carbonyl (C=O) groups excluding carboxylic acids is 1. The third kappa shape index (κ3) is 3.69. The van der Waals surface area contributed by atoms with Gasteiger partial charge in [0.25, 0.3) is 0 Å². The Kier molecular flexibility index (Phi) is 3.74. The first-order valence-electron chi connectivity index (χ1n) is 4.05. The van der Waals surface area contributed by atoms with Gasteiger partial charge in [0.15, 0.2) is 5.78 Å². The summed E-state index contributed by atoms with van der Waals surface area (Å²) in [5.41, 5.74) is 0.0728. The summed E-state index contributed by atoms with van der Waals surface area (Å²) in [5.74, 6) is -0.930. The summed E-state index contributed by atoms with van der Waals surface area (Å²) in [6, 6.07) is 3.50. The van der Waals surface area contributed by atoms with Crippen molar-refractivity contribution >= 4 is 21.7 Å². The van der Waals surface area contributed by atoms with Crippen molar-refractivity contribution < 1.29 is 22.7 Å². The molecule has 6 heteroatoms. The van der Waals surface area contributed by atoms with Crippen LogP contribution in [0.5, 0.6) is 5.75 Å². The first kappa shape index (κ1) is 12.8. The molecule has 0 aliphatic heterocycles.